The number of carbonyl (C=O) groups is 1. The van der Waals surface area contributed by atoms with Gasteiger partial charge in [-0.15, -0.1) is 0 Å². The van der Waals surface area contributed by atoms with Crippen LogP contribution in [-0.4, -0.2) is 23.9 Å². The van der Waals surface area contributed by atoms with Gasteiger partial charge in [-0.25, -0.2) is 0 Å². The molecular formula is C16H20INO. The largest absolute Gasteiger partial charge is 0.338 e. The van der Waals surface area contributed by atoms with E-state index in [0.717, 1.165) is 34.1 Å². The van der Waals surface area contributed by atoms with Crippen LogP contribution in [0.4, 0.5) is 0 Å². The molecular weight excluding hydrogens is 349 g/mol. The van der Waals surface area contributed by atoms with Gasteiger partial charge in [0.1, 0.15) is 0 Å². The quantitative estimate of drug-likeness (QED) is 0.687. The minimum atomic E-state index is 0.231. The molecule has 1 amide bonds. The molecule has 1 saturated carbocycles. The molecule has 3 rings (SSSR count). The number of carbonyl (C=O) groups excluding carboxylic acids is 1. The minimum Gasteiger partial charge on any atom is -0.338 e. The molecule has 1 aromatic rings. The monoisotopic (exact) mass is 369 g/mol. The van der Waals surface area contributed by atoms with Crippen molar-refractivity contribution in [2.45, 2.75) is 32.1 Å². The Morgan fingerprint density at radius 2 is 1.84 bits per heavy atom. The maximum absolute atomic E-state index is 12.6. The first-order chi connectivity index (χ1) is 9.25. The zero-order valence-electron chi connectivity index (χ0n) is 11.1. The molecule has 0 N–H and O–H groups in total. The van der Waals surface area contributed by atoms with E-state index in [1.165, 1.54) is 32.1 Å². The van der Waals surface area contributed by atoms with Gasteiger partial charge >= 0.3 is 0 Å². The van der Waals surface area contributed by atoms with Gasteiger partial charge in [-0.05, 0) is 59.4 Å². The number of rotatable bonds is 1. The lowest BCUT2D eigenvalue weighted by molar-refractivity contribution is 0.0520. The molecule has 0 bridgehead atoms. The molecule has 0 radical (unpaired) electrons. The van der Waals surface area contributed by atoms with Gasteiger partial charge in [0, 0.05) is 16.7 Å². The highest BCUT2D eigenvalue weighted by molar-refractivity contribution is 14.1. The molecule has 1 aromatic carbocycles. The van der Waals surface area contributed by atoms with Crippen LogP contribution in [0.25, 0.3) is 0 Å². The highest BCUT2D eigenvalue weighted by atomic mass is 127. The molecule has 2 fully saturated rings. The van der Waals surface area contributed by atoms with E-state index in [2.05, 4.69) is 27.5 Å². The molecule has 3 heteroatoms. The Labute approximate surface area is 128 Å². The van der Waals surface area contributed by atoms with E-state index in [1.807, 2.05) is 24.3 Å². The third-order valence-corrected chi connectivity index (χ3v) is 5.62. The summed E-state index contributed by atoms with van der Waals surface area (Å²) in [5.74, 6) is 1.87. The molecule has 0 aromatic heterocycles. The van der Waals surface area contributed by atoms with Crippen molar-refractivity contribution in [3.8, 4) is 0 Å². The molecule has 1 saturated heterocycles. The zero-order chi connectivity index (χ0) is 13.2. The number of hydrogen-bond donors (Lipinski definition) is 0. The van der Waals surface area contributed by atoms with Crippen molar-refractivity contribution in [3.63, 3.8) is 0 Å². The van der Waals surface area contributed by atoms with E-state index in [4.69, 9.17) is 0 Å². The van der Waals surface area contributed by atoms with Gasteiger partial charge in [0.2, 0.25) is 0 Å². The lowest BCUT2D eigenvalue weighted by Crippen LogP contribution is -2.44. The fraction of sp³-hybridized carbons (Fsp3) is 0.562. The average Bonchev–Trinajstić information content (AvgIpc) is 2.46. The van der Waals surface area contributed by atoms with Gasteiger partial charge in [0.15, 0.2) is 0 Å². The van der Waals surface area contributed by atoms with Gasteiger partial charge in [0.25, 0.3) is 5.91 Å². The molecule has 2 unspecified atom stereocenters. The highest BCUT2D eigenvalue weighted by Crippen LogP contribution is 2.36. The fourth-order valence-electron chi connectivity index (χ4n) is 3.59. The molecule has 1 aliphatic carbocycles. The Kier molecular flexibility index (Phi) is 4.10. The molecule has 102 valence electrons. The molecule has 1 heterocycles. The first kappa shape index (κ1) is 13.4. The number of hydrogen-bond acceptors (Lipinski definition) is 1. The Morgan fingerprint density at radius 3 is 2.63 bits per heavy atom. The van der Waals surface area contributed by atoms with E-state index in [1.54, 1.807) is 0 Å². The summed E-state index contributed by atoms with van der Waals surface area (Å²) >= 11 is 2.26. The smallest absolute Gasteiger partial charge is 0.254 e. The first-order valence-corrected chi connectivity index (χ1v) is 8.37. The maximum Gasteiger partial charge on any atom is 0.254 e. The lowest BCUT2D eigenvalue weighted by Gasteiger charge is -2.41. The van der Waals surface area contributed by atoms with Crippen LogP contribution in [0.2, 0.25) is 0 Å². The number of amides is 1. The van der Waals surface area contributed by atoms with Gasteiger partial charge in [-0.1, -0.05) is 31.4 Å². The summed E-state index contributed by atoms with van der Waals surface area (Å²) < 4.78 is 1.07. The molecule has 2 atom stereocenters. The topological polar surface area (TPSA) is 20.3 Å². The third-order valence-electron chi connectivity index (χ3n) is 4.68. The Morgan fingerprint density at radius 1 is 1.11 bits per heavy atom. The number of fused-ring (bicyclic) bond motifs is 1. The van der Waals surface area contributed by atoms with Crippen LogP contribution in [0.1, 0.15) is 42.5 Å². The van der Waals surface area contributed by atoms with Crippen molar-refractivity contribution in [2.24, 2.45) is 11.8 Å². The summed E-state index contributed by atoms with van der Waals surface area (Å²) in [6, 6.07) is 7.92. The van der Waals surface area contributed by atoms with Crippen molar-refractivity contribution in [3.05, 3.63) is 33.4 Å². The van der Waals surface area contributed by atoms with Crippen molar-refractivity contribution in [2.75, 3.05) is 13.1 Å². The van der Waals surface area contributed by atoms with Crippen LogP contribution in [0.3, 0.4) is 0 Å². The first-order valence-electron chi connectivity index (χ1n) is 7.29. The normalized spacial score (nSPS) is 26.9. The second-order valence-electron chi connectivity index (χ2n) is 5.82. The second-order valence-corrected chi connectivity index (χ2v) is 6.99. The summed E-state index contributed by atoms with van der Waals surface area (Å²) in [6.07, 6.45) is 6.66. The molecule has 19 heavy (non-hydrogen) atoms. The minimum absolute atomic E-state index is 0.231. The summed E-state index contributed by atoms with van der Waals surface area (Å²) in [5.41, 5.74) is 0.873. The van der Waals surface area contributed by atoms with Gasteiger partial charge in [-0.2, -0.15) is 0 Å². The summed E-state index contributed by atoms with van der Waals surface area (Å²) in [7, 11) is 0. The molecule has 0 spiro atoms. The standard InChI is InChI=1S/C16H20INO/c17-15-8-4-3-7-14(15)16(19)18-10-9-12-5-1-2-6-13(12)11-18/h3-4,7-8,12-13H,1-2,5-6,9-11H2. The zero-order valence-corrected chi connectivity index (χ0v) is 13.3. The van der Waals surface area contributed by atoms with Crippen molar-refractivity contribution in [1.82, 2.24) is 4.90 Å². The molecule has 2 nitrogen and oxygen atoms in total. The van der Waals surface area contributed by atoms with Crippen LogP contribution in [0, 0.1) is 15.4 Å². The van der Waals surface area contributed by atoms with Gasteiger partial charge < -0.3 is 4.90 Å². The van der Waals surface area contributed by atoms with Crippen LogP contribution in [-0.2, 0) is 0 Å². The number of nitrogens with zero attached hydrogens (tertiary/aromatic N) is 1. The van der Waals surface area contributed by atoms with Crippen LogP contribution in [0.15, 0.2) is 24.3 Å². The van der Waals surface area contributed by atoms with Gasteiger partial charge in [-0.3, -0.25) is 4.79 Å². The Bertz CT molecular complexity index is 474. The predicted octanol–water partition coefficient (Wildman–Crippen LogP) is 3.94. The van der Waals surface area contributed by atoms with Crippen LogP contribution in [0.5, 0.6) is 0 Å². The summed E-state index contributed by atoms with van der Waals surface area (Å²) in [5, 5.41) is 0. The Hall–Kier alpha value is -0.580. The van der Waals surface area contributed by atoms with Crippen molar-refractivity contribution < 1.29 is 4.79 Å². The maximum atomic E-state index is 12.6. The summed E-state index contributed by atoms with van der Waals surface area (Å²) in [6.45, 7) is 1.93. The Balaban J connectivity index is 1.73. The number of halogens is 1. The predicted molar refractivity (Wildman–Crippen MR) is 85.1 cm³/mol. The van der Waals surface area contributed by atoms with E-state index in [-0.39, 0.29) is 5.91 Å². The SMILES string of the molecule is O=C(c1ccccc1I)N1CCC2CCCCC2C1. The summed E-state index contributed by atoms with van der Waals surface area (Å²) in [4.78, 5) is 14.7. The van der Waals surface area contributed by atoms with Crippen LogP contribution < -0.4 is 0 Å². The van der Waals surface area contributed by atoms with E-state index < -0.39 is 0 Å². The van der Waals surface area contributed by atoms with Crippen molar-refractivity contribution in [1.29, 1.82) is 0 Å². The molecule has 2 aliphatic rings. The van der Waals surface area contributed by atoms with E-state index in [0.29, 0.717) is 0 Å². The third kappa shape index (κ3) is 2.81. The highest BCUT2D eigenvalue weighted by Gasteiger charge is 2.33. The number of benzene rings is 1. The second kappa shape index (κ2) is 5.81. The molecule has 1 aliphatic heterocycles. The number of piperidine rings is 1. The van der Waals surface area contributed by atoms with Crippen LogP contribution >= 0.6 is 22.6 Å². The van der Waals surface area contributed by atoms with E-state index >= 15 is 0 Å². The van der Waals surface area contributed by atoms with Gasteiger partial charge in [0.05, 0.1) is 5.56 Å². The van der Waals surface area contributed by atoms with Crippen molar-refractivity contribution >= 4 is 28.5 Å². The lowest BCUT2D eigenvalue weighted by atomic mass is 9.75. The van der Waals surface area contributed by atoms with E-state index in [9.17, 15) is 4.79 Å². The average molecular weight is 369 g/mol. The number of likely N-dealkylation sites (tertiary alicyclic amines) is 1. The fourth-order valence-corrected chi connectivity index (χ4v) is 4.21.